The summed E-state index contributed by atoms with van der Waals surface area (Å²) in [6, 6.07) is 0. The summed E-state index contributed by atoms with van der Waals surface area (Å²) in [5.41, 5.74) is 0.923. The summed E-state index contributed by atoms with van der Waals surface area (Å²) in [6.07, 6.45) is 8.98. The topological polar surface area (TPSA) is 41.5 Å². The van der Waals surface area contributed by atoms with Crippen molar-refractivity contribution in [1.82, 2.24) is 5.32 Å². The highest BCUT2D eigenvalue weighted by molar-refractivity contribution is 6.48. The fourth-order valence-corrected chi connectivity index (χ4v) is 4.33. The quantitative estimate of drug-likeness (QED) is 0.766. The molecule has 0 saturated heterocycles. The molecule has 2 N–H and O–H groups in total. The molecule has 4 heteroatoms. The molecule has 0 radical (unpaired) electrons. The summed E-state index contributed by atoms with van der Waals surface area (Å²) in [4.78, 5) is 0. The van der Waals surface area contributed by atoms with E-state index in [-0.39, 0.29) is 23.7 Å². The second-order valence-corrected chi connectivity index (χ2v) is 9.86. The van der Waals surface area contributed by atoms with Crippen molar-refractivity contribution in [3.8, 4) is 0 Å². The second kappa shape index (κ2) is 5.66. The molecule has 0 aromatic rings. The molecule has 0 aromatic carbocycles. The Morgan fingerprint density at radius 1 is 1.45 bits per heavy atom. The number of hydrogen-bond acceptors (Lipinski definition) is 3. The van der Waals surface area contributed by atoms with E-state index in [9.17, 15) is 5.11 Å². The van der Waals surface area contributed by atoms with Crippen LogP contribution in [-0.2, 0) is 4.43 Å². The molecule has 3 nitrogen and oxygen atoms in total. The minimum absolute atomic E-state index is 0.0851. The first-order valence-electron chi connectivity index (χ1n) is 7.72. The number of dihydropyridines is 1. The van der Waals surface area contributed by atoms with E-state index in [2.05, 4.69) is 51.3 Å². The highest BCUT2D eigenvalue weighted by Gasteiger charge is 2.53. The van der Waals surface area contributed by atoms with Gasteiger partial charge < -0.3 is 14.8 Å². The van der Waals surface area contributed by atoms with Crippen molar-refractivity contribution < 1.29 is 9.53 Å². The summed E-state index contributed by atoms with van der Waals surface area (Å²) in [5.74, 6) is 0.646. The van der Waals surface area contributed by atoms with Gasteiger partial charge in [-0.1, -0.05) is 32.9 Å². The molecule has 2 rings (SSSR count). The Hall–Kier alpha value is -0.583. The minimum Gasteiger partial charge on any atom is -0.414 e. The standard InChI is InChI=1S/C16H29NO2Si/c1-15(2,3)14(19-20(4)5)16(13-6-7-13)9-8-12(11-18)10-17-16/h8-10,13-14,17-18,20H,6-7,11H2,1-5H3. The van der Waals surface area contributed by atoms with Gasteiger partial charge in [-0.3, -0.25) is 0 Å². The van der Waals surface area contributed by atoms with Crippen molar-refractivity contribution in [3.63, 3.8) is 0 Å². The van der Waals surface area contributed by atoms with Crippen LogP contribution in [0.1, 0.15) is 33.6 Å². The van der Waals surface area contributed by atoms with Crippen molar-refractivity contribution in [1.29, 1.82) is 0 Å². The zero-order valence-electron chi connectivity index (χ0n) is 13.4. The number of aliphatic hydroxyl groups is 1. The molecular weight excluding hydrogens is 266 g/mol. The lowest BCUT2D eigenvalue weighted by atomic mass is 9.72. The molecule has 2 atom stereocenters. The largest absolute Gasteiger partial charge is 0.414 e. The van der Waals surface area contributed by atoms with Crippen LogP contribution in [0, 0.1) is 11.3 Å². The van der Waals surface area contributed by atoms with Gasteiger partial charge in [0.1, 0.15) is 0 Å². The Morgan fingerprint density at radius 3 is 2.45 bits per heavy atom. The van der Waals surface area contributed by atoms with Crippen LogP contribution >= 0.6 is 0 Å². The monoisotopic (exact) mass is 295 g/mol. The molecule has 2 unspecified atom stereocenters. The van der Waals surface area contributed by atoms with E-state index >= 15 is 0 Å². The highest BCUT2D eigenvalue weighted by atomic mass is 28.3. The summed E-state index contributed by atoms with van der Waals surface area (Å²) >= 11 is 0. The van der Waals surface area contributed by atoms with Crippen molar-refractivity contribution in [2.75, 3.05) is 6.61 Å². The number of aliphatic hydroxyl groups excluding tert-OH is 1. The molecule has 0 spiro atoms. The predicted molar refractivity (Wildman–Crippen MR) is 86.1 cm³/mol. The SMILES string of the molecule is C[SiH](C)OC(C(C)(C)C)C1(C2CC2)C=CC(CO)=CN1. The van der Waals surface area contributed by atoms with Crippen LogP contribution in [0.25, 0.3) is 0 Å². The summed E-state index contributed by atoms with van der Waals surface area (Å²) in [7, 11) is -1.12. The summed E-state index contributed by atoms with van der Waals surface area (Å²) in [6.45, 7) is 11.4. The third-order valence-corrected chi connectivity index (χ3v) is 4.96. The molecule has 1 fully saturated rings. The fraction of sp³-hybridized carbons (Fsp3) is 0.750. The number of rotatable bonds is 5. The molecular formula is C16H29NO2Si. The first-order chi connectivity index (χ1) is 9.29. The fourth-order valence-electron chi connectivity index (χ4n) is 3.15. The average molecular weight is 295 g/mol. The maximum absolute atomic E-state index is 9.28. The zero-order chi connectivity index (χ0) is 15.0. The van der Waals surface area contributed by atoms with Crippen LogP contribution in [0.15, 0.2) is 23.9 Å². The van der Waals surface area contributed by atoms with Crippen LogP contribution < -0.4 is 5.32 Å². The normalized spacial score (nSPS) is 28.2. The third kappa shape index (κ3) is 3.18. The van der Waals surface area contributed by atoms with Crippen molar-refractivity contribution in [3.05, 3.63) is 23.9 Å². The zero-order valence-corrected chi connectivity index (χ0v) is 14.6. The molecule has 1 heterocycles. The maximum Gasteiger partial charge on any atom is 0.171 e. The van der Waals surface area contributed by atoms with Crippen LogP contribution in [0.4, 0.5) is 0 Å². The van der Waals surface area contributed by atoms with Gasteiger partial charge in [-0.05, 0) is 42.8 Å². The van der Waals surface area contributed by atoms with E-state index in [1.54, 1.807) is 0 Å². The Morgan fingerprint density at radius 2 is 2.10 bits per heavy atom. The third-order valence-electron chi connectivity index (χ3n) is 4.14. The van der Waals surface area contributed by atoms with Gasteiger partial charge in [-0.2, -0.15) is 0 Å². The molecule has 2 aliphatic rings. The molecule has 1 aliphatic heterocycles. The van der Waals surface area contributed by atoms with E-state index in [0.29, 0.717) is 5.92 Å². The van der Waals surface area contributed by atoms with Crippen LogP contribution in [-0.4, -0.2) is 32.4 Å². The van der Waals surface area contributed by atoms with Gasteiger partial charge in [0.25, 0.3) is 0 Å². The van der Waals surface area contributed by atoms with Gasteiger partial charge in [0.05, 0.1) is 18.2 Å². The van der Waals surface area contributed by atoms with E-state index in [1.165, 1.54) is 12.8 Å². The van der Waals surface area contributed by atoms with Crippen LogP contribution in [0.3, 0.4) is 0 Å². The van der Waals surface area contributed by atoms with E-state index in [0.717, 1.165) is 5.57 Å². The molecule has 0 aromatic heterocycles. The summed E-state index contributed by atoms with van der Waals surface area (Å²) < 4.78 is 6.46. The van der Waals surface area contributed by atoms with Gasteiger partial charge in [-0.15, -0.1) is 0 Å². The number of hydrogen-bond donors (Lipinski definition) is 2. The second-order valence-electron chi connectivity index (χ2n) is 7.49. The summed E-state index contributed by atoms with van der Waals surface area (Å²) in [5, 5.41) is 12.9. The van der Waals surface area contributed by atoms with Gasteiger partial charge >= 0.3 is 0 Å². The van der Waals surface area contributed by atoms with E-state index < -0.39 is 9.04 Å². The molecule has 0 bridgehead atoms. The number of nitrogens with one attached hydrogen (secondary N) is 1. The van der Waals surface area contributed by atoms with Gasteiger partial charge in [0, 0.05) is 6.20 Å². The lowest BCUT2D eigenvalue weighted by Crippen LogP contribution is -2.60. The Bertz CT molecular complexity index is 407. The van der Waals surface area contributed by atoms with Crippen molar-refractivity contribution >= 4 is 9.04 Å². The average Bonchev–Trinajstić information content (AvgIpc) is 3.19. The predicted octanol–water partition coefficient (Wildman–Crippen LogP) is 2.59. The first kappa shape index (κ1) is 15.8. The van der Waals surface area contributed by atoms with Gasteiger partial charge in [0.15, 0.2) is 9.04 Å². The van der Waals surface area contributed by atoms with E-state index in [1.807, 2.05) is 6.20 Å². The molecule has 1 saturated carbocycles. The smallest absolute Gasteiger partial charge is 0.171 e. The Balaban J connectivity index is 2.31. The molecule has 20 heavy (non-hydrogen) atoms. The van der Waals surface area contributed by atoms with Crippen LogP contribution in [0.5, 0.6) is 0 Å². The van der Waals surface area contributed by atoms with Crippen LogP contribution in [0.2, 0.25) is 13.1 Å². The molecule has 0 amide bonds. The highest BCUT2D eigenvalue weighted by Crippen LogP contribution is 2.48. The Kier molecular flexibility index (Phi) is 4.47. The van der Waals surface area contributed by atoms with E-state index in [4.69, 9.17) is 4.43 Å². The van der Waals surface area contributed by atoms with Crippen molar-refractivity contribution in [2.24, 2.45) is 11.3 Å². The van der Waals surface area contributed by atoms with Gasteiger partial charge in [-0.25, -0.2) is 0 Å². The lowest BCUT2D eigenvalue weighted by molar-refractivity contribution is 0.0137. The molecule has 1 aliphatic carbocycles. The lowest BCUT2D eigenvalue weighted by Gasteiger charge is -2.48. The van der Waals surface area contributed by atoms with Crippen molar-refractivity contribution in [2.45, 2.75) is 58.3 Å². The van der Waals surface area contributed by atoms with Gasteiger partial charge in [0.2, 0.25) is 0 Å². The Labute approximate surface area is 124 Å². The first-order valence-corrected chi connectivity index (χ1v) is 10.5. The minimum atomic E-state index is -1.12. The molecule has 114 valence electrons. The maximum atomic E-state index is 9.28.